The number of aliphatic imine (C=N–C) groups is 3. The number of aromatic hydroxyl groups is 4. The fourth-order valence-corrected chi connectivity index (χ4v) is 3.08. The Morgan fingerprint density at radius 3 is 2.22 bits per heavy atom. The molecule has 0 unspecified atom stereocenters. The number of phenolic OH excluding ortho intramolecular Hbond substituents is 4. The molecule has 0 saturated heterocycles. The van der Waals surface area contributed by atoms with Crippen molar-refractivity contribution in [2.24, 2.45) is 37.9 Å². The molecule has 0 amide bonds. The van der Waals surface area contributed by atoms with Gasteiger partial charge in [0.05, 0.1) is 6.54 Å². The monoisotopic (exact) mass is 500 g/mol. The standard InChI is InChI=1S/C22H32N10O4/c1-31(21(26)29-19(23)24)7-6-13-8-12(9-16(34)17(13)35)10-28-20(25)30-22(27)32(2)11-14-4-3-5-15(33)18(14)36/h3-5,8-9,33-36H,6-7,10-11H2,1-2H3,(H5,23,24,26,29)(H4,25,27,28,30). The van der Waals surface area contributed by atoms with Crippen molar-refractivity contribution in [3.05, 3.63) is 47.0 Å². The molecule has 0 aromatic heterocycles. The normalized spacial score (nSPS) is 11.7. The first kappa shape index (κ1) is 27.4. The fraction of sp³-hybridized carbons (Fsp3) is 0.273. The van der Waals surface area contributed by atoms with Gasteiger partial charge in [0.25, 0.3) is 0 Å². The molecule has 0 aliphatic heterocycles. The Bertz CT molecular complexity index is 1190. The predicted molar refractivity (Wildman–Crippen MR) is 138 cm³/mol. The van der Waals surface area contributed by atoms with Gasteiger partial charge in [-0.15, -0.1) is 0 Å². The molecule has 0 fully saturated rings. The number of nitrogens with two attached hydrogens (primary N) is 4. The molecule has 0 aliphatic carbocycles. The van der Waals surface area contributed by atoms with Gasteiger partial charge in [-0.25, -0.2) is 4.99 Å². The van der Waals surface area contributed by atoms with E-state index in [1.165, 1.54) is 21.9 Å². The number of hydrogen-bond acceptors (Lipinski definition) is 6. The van der Waals surface area contributed by atoms with Gasteiger partial charge in [0, 0.05) is 32.7 Å². The van der Waals surface area contributed by atoms with Crippen LogP contribution in [0.3, 0.4) is 0 Å². The maximum Gasteiger partial charge on any atom is 0.220 e. The highest BCUT2D eigenvalue weighted by atomic mass is 16.3. The van der Waals surface area contributed by atoms with Crippen LogP contribution in [-0.2, 0) is 19.5 Å². The van der Waals surface area contributed by atoms with E-state index >= 15 is 0 Å². The molecule has 14 heteroatoms. The Hall–Kier alpha value is -4.88. The van der Waals surface area contributed by atoms with Crippen LogP contribution < -0.4 is 22.9 Å². The van der Waals surface area contributed by atoms with Crippen LogP contribution in [0.15, 0.2) is 45.3 Å². The van der Waals surface area contributed by atoms with Gasteiger partial charge in [0.15, 0.2) is 34.9 Å². The number of phenols is 4. The van der Waals surface area contributed by atoms with Crippen molar-refractivity contribution in [2.45, 2.75) is 19.5 Å². The summed E-state index contributed by atoms with van der Waals surface area (Å²) in [5.41, 5.74) is 23.8. The summed E-state index contributed by atoms with van der Waals surface area (Å²) >= 11 is 0. The lowest BCUT2D eigenvalue weighted by molar-refractivity contribution is 0.390. The zero-order valence-electron chi connectivity index (χ0n) is 20.0. The predicted octanol–water partition coefficient (Wildman–Crippen LogP) is -0.547. The SMILES string of the molecule is CN(CCc1cc(CN=C(N)N=C(N)N(C)Cc2cccc(O)c2O)cc(O)c1O)C(=N)N=C(N)N. The molecular weight excluding hydrogens is 468 g/mol. The van der Waals surface area contributed by atoms with Gasteiger partial charge in [-0.1, -0.05) is 12.1 Å². The number of nitrogens with zero attached hydrogens (tertiary/aromatic N) is 5. The molecule has 0 heterocycles. The minimum Gasteiger partial charge on any atom is -0.504 e. The molecule has 0 spiro atoms. The highest BCUT2D eigenvalue weighted by molar-refractivity contribution is 5.93. The summed E-state index contributed by atoms with van der Waals surface area (Å²) in [6, 6.07) is 7.59. The molecule has 36 heavy (non-hydrogen) atoms. The van der Waals surface area contributed by atoms with Gasteiger partial charge >= 0.3 is 0 Å². The summed E-state index contributed by atoms with van der Waals surface area (Å²) in [6.07, 6.45) is 0.281. The number of guanidine groups is 4. The number of likely N-dealkylation sites (N-methyl/N-ethyl adjacent to an activating group) is 1. The molecule has 0 bridgehead atoms. The topological polar surface area (TPSA) is 252 Å². The quantitative estimate of drug-likeness (QED) is 0.133. The van der Waals surface area contributed by atoms with Crippen LogP contribution in [0.25, 0.3) is 0 Å². The highest BCUT2D eigenvalue weighted by Crippen LogP contribution is 2.31. The van der Waals surface area contributed by atoms with Crippen LogP contribution in [0.2, 0.25) is 0 Å². The van der Waals surface area contributed by atoms with E-state index in [1.54, 1.807) is 32.3 Å². The molecule has 14 nitrogen and oxygen atoms in total. The van der Waals surface area contributed by atoms with E-state index in [2.05, 4.69) is 15.0 Å². The van der Waals surface area contributed by atoms with Crippen LogP contribution in [0, 0.1) is 5.41 Å². The van der Waals surface area contributed by atoms with E-state index in [0.717, 1.165) is 0 Å². The van der Waals surface area contributed by atoms with Gasteiger partial charge in [0.2, 0.25) is 11.9 Å². The number of hydrogen-bond donors (Lipinski definition) is 9. The molecule has 0 radical (unpaired) electrons. The van der Waals surface area contributed by atoms with Crippen LogP contribution in [0.4, 0.5) is 0 Å². The van der Waals surface area contributed by atoms with Crippen molar-refractivity contribution in [1.82, 2.24) is 9.80 Å². The first-order valence-electron chi connectivity index (χ1n) is 10.7. The third kappa shape index (κ3) is 7.58. The first-order chi connectivity index (χ1) is 16.9. The molecule has 2 aromatic rings. The fourth-order valence-electron chi connectivity index (χ4n) is 3.08. The summed E-state index contributed by atoms with van der Waals surface area (Å²) in [5, 5.41) is 47.7. The van der Waals surface area contributed by atoms with Gasteiger partial charge in [-0.05, 0) is 35.7 Å². The Kier molecular flexibility index (Phi) is 9.13. The summed E-state index contributed by atoms with van der Waals surface area (Å²) < 4.78 is 0. The average Bonchev–Trinajstić information content (AvgIpc) is 2.80. The lowest BCUT2D eigenvalue weighted by atomic mass is 10.1. The van der Waals surface area contributed by atoms with E-state index in [-0.39, 0.29) is 66.3 Å². The maximum atomic E-state index is 10.2. The zero-order valence-corrected chi connectivity index (χ0v) is 20.0. The van der Waals surface area contributed by atoms with E-state index < -0.39 is 0 Å². The Morgan fingerprint density at radius 1 is 0.889 bits per heavy atom. The Balaban J connectivity index is 2.08. The molecule has 2 aromatic carbocycles. The second-order valence-electron chi connectivity index (χ2n) is 7.94. The third-order valence-electron chi connectivity index (χ3n) is 5.09. The minimum absolute atomic E-state index is 0.0273. The van der Waals surface area contributed by atoms with Crippen molar-refractivity contribution < 1.29 is 20.4 Å². The number of benzene rings is 2. The summed E-state index contributed by atoms with van der Waals surface area (Å²) in [4.78, 5) is 14.8. The second kappa shape index (κ2) is 12.0. The highest BCUT2D eigenvalue weighted by Gasteiger charge is 2.13. The van der Waals surface area contributed by atoms with E-state index in [1.807, 2.05) is 0 Å². The van der Waals surface area contributed by atoms with E-state index in [9.17, 15) is 20.4 Å². The molecule has 0 saturated carbocycles. The van der Waals surface area contributed by atoms with E-state index in [0.29, 0.717) is 23.2 Å². The van der Waals surface area contributed by atoms with Crippen molar-refractivity contribution >= 4 is 23.8 Å². The number of para-hydroxylation sites is 1. The zero-order chi connectivity index (χ0) is 27.0. The molecule has 2 rings (SSSR count). The maximum absolute atomic E-state index is 10.2. The smallest absolute Gasteiger partial charge is 0.220 e. The molecular formula is C22H32N10O4. The van der Waals surface area contributed by atoms with Crippen molar-refractivity contribution in [2.75, 3.05) is 20.6 Å². The molecule has 0 aliphatic rings. The molecule has 13 N–H and O–H groups in total. The van der Waals surface area contributed by atoms with E-state index in [4.69, 9.17) is 28.3 Å². The summed E-state index contributed by atoms with van der Waals surface area (Å²) in [5.74, 6) is -1.58. The van der Waals surface area contributed by atoms with Crippen LogP contribution in [0.1, 0.15) is 16.7 Å². The van der Waals surface area contributed by atoms with Gasteiger partial charge in [-0.3, -0.25) is 5.41 Å². The van der Waals surface area contributed by atoms with Gasteiger partial charge in [-0.2, -0.15) is 9.98 Å². The average molecular weight is 501 g/mol. The summed E-state index contributed by atoms with van der Waals surface area (Å²) in [6.45, 7) is 0.493. The van der Waals surface area contributed by atoms with Crippen molar-refractivity contribution in [3.8, 4) is 23.0 Å². The second-order valence-corrected chi connectivity index (χ2v) is 7.94. The van der Waals surface area contributed by atoms with Crippen LogP contribution in [0.5, 0.6) is 23.0 Å². The van der Waals surface area contributed by atoms with Crippen molar-refractivity contribution in [3.63, 3.8) is 0 Å². The van der Waals surface area contributed by atoms with Gasteiger partial charge in [0.1, 0.15) is 0 Å². The lowest BCUT2D eigenvalue weighted by Crippen LogP contribution is -2.35. The van der Waals surface area contributed by atoms with Crippen molar-refractivity contribution in [1.29, 1.82) is 5.41 Å². The number of nitrogens with one attached hydrogen (secondary N) is 1. The third-order valence-corrected chi connectivity index (χ3v) is 5.09. The largest absolute Gasteiger partial charge is 0.504 e. The number of rotatable bonds is 7. The first-order valence-corrected chi connectivity index (χ1v) is 10.7. The molecule has 0 atom stereocenters. The van der Waals surface area contributed by atoms with Gasteiger partial charge < -0.3 is 53.2 Å². The Morgan fingerprint density at radius 2 is 1.56 bits per heavy atom. The van der Waals surface area contributed by atoms with Crippen LogP contribution >= 0.6 is 0 Å². The van der Waals surface area contributed by atoms with Crippen LogP contribution in [-0.4, -0.2) is 74.7 Å². The molecule has 194 valence electrons. The minimum atomic E-state index is -0.327. The summed E-state index contributed by atoms with van der Waals surface area (Å²) in [7, 11) is 3.24. The Labute approximate surface area is 208 Å². The lowest BCUT2D eigenvalue weighted by Gasteiger charge is -2.18.